The third-order valence-electron chi connectivity index (χ3n) is 0.586. The van der Waals surface area contributed by atoms with Crippen LogP contribution < -0.4 is 0 Å². The Morgan fingerprint density at radius 3 is 2.00 bits per heavy atom. The zero-order chi connectivity index (χ0) is 3.54. The first kappa shape index (κ1) is 16.1. The van der Waals surface area contributed by atoms with Crippen LogP contribution in [-0.2, 0) is 21.7 Å². The monoisotopic (exact) mass is 273 g/mol. The van der Waals surface area contributed by atoms with Crippen LogP contribution in [0.1, 0.15) is 6.42 Å². The van der Waals surface area contributed by atoms with Crippen LogP contribution in [0.25, 0.3) is 0 Å². The van der Waals surface area contributed by atoms with Crippen molar-refractivity contribution in [1.29, 1.82) is 0 Å². The van der Waals surface area contributed by atoms with Crippen LogP contribution in [0.4, 0.5) is 0 Å². The van der Waals surface area contributed by atoms with Crippen molar-refractivity contribution in [3.63, 3.8) is 0 Å². The first-order valence-corrected chi connectivity index (χ1v) is 1.72. The average Bonchev–Trinajstić information content (AvgIpc) is 1.76. The average molecular weight is 275 g/mol. The zero-order valence-corrected chi connectivity index (χ0v) is 9.24. The molecule has 0 aromatic rings. The summed E-state index contributed by atoms with van der Waals surface area (Å²) in [5.74, 6) is 0. The number of hydrogen-bond acceptors (Lipinski definition) is 0. The number of allylic oxidation sites excluding steroid dienone is 4. The molecule has 0 N–H and O–H groups in total. The zero-order valence-electron chi connectivity index (χ0n) is 4.26. The van der Waals surface area contributed by atoms with E-state index in [0.717, 1.165) is 6.42 Å². The van der Waals surface area contributed by atoms with Crippen LogP contribution in [0.5, 0.6) is 0 Å². The summed E-state index contributed by atoms with van der Waals surface area (Å²) in [5, 5.41) is 0. The van der Waals surface area contributed by atoms with E-state index in [1.54, 1.807) is 0 Å². The van der Waals surface area contributed by atoms with Gasteiger partial charge in [0.1, 0.15) is 0 Å². The van der Waals surface area contributed by atoms with Crippen LogP contribution in [0.2, 0.25) is 0 Å². The first-order chi connectivity index (χ1) is 2.50. The molecule has 0 spiro atoms. The van der Waals surface area contributed by atoms with Gasteiger partial charge in [-0.15, -0.1) is 40.4 Å². The molecule has 1 aliphatic carbocycles. The number of rotatable bonds is 0. The van der Waals surface area contributed by atoms with Gasteiger partial charge in [-0.1, -0.05) is 0 Å². The molecule has 0 aromatic carbocycles. The fourth-order valence-electron chi connectivity index (χ4n) is 0.340. The second kappa shape index (κ2) is 11.0. The van der Waals surface area contributed by atoms with Gasteiger partial charge in [0, 0.05) is 21.7 Å². The number of halogens is 2. The summed E-state index contributed by atoms with van der Waals surface area (Å²) < 4.78 is 0. The summed E-state index contributed by atoms with van der Waals surface area (Å²) in [7, 11) is 0. The van der Waals surface area contributed by atoms with Gasteiger partial charge < -0.3 is 0 Å². The van der Waals surface area contributed by atoms with Crippen LogP contribution in [0.3, 0.4) is 0 Å². The Morgan fingerprint density at radius 2 is 1.88 bits per heavy atom. The number of hydrogen-bond donors (Lipinski definition) is 0. The van der Waals surface area contributed by atoms with E-state index in [1.807, 2.05) is 12.2 Å². The summed E-state index contributed by atoms with van der Waals surface area (Å²) in [5.41, 5.74) is 0. The maximum absolute atomic E-state index is 2.99. The Morgan fingerprint density at radius 1 is 1.25 bits per heavy atom. The van der Waals surface area contributed by atoms with Crippen LogP contribution in [-0.4, -0.2) is 0 Å². The molecule has 0 saturated heterocycles. The summed E-state index contributed by atoms with van der Waals surface area (Å²) in [6.45, 7) is 0. The van der Waals surface area contributed by atoms with Crippen molar-refractivity contribution in [2.24, 2.45) is 0 Å². The first-order valence-electron chi connectivity index (χ1n) is 1.72. The van der Waals surface area contributed by atoms with Gasteiger partial charge in [-0.3, -0.25) is 6.08 Å². The molecule has 0 aromatic heterocycles. The van der Waals surface area contributed by atoms with E-state index < -0.39 is 0 Å². The molecular formula is C5H7Br2Ti-. The normalized spacial score (nSPS) is 11.0. The van der Waals surface area contributed by atoms with Gasteiger partial charge >= 0.3 is 0 Å². The fraction of sp³-hybridized carbons (Fsp3) is 0.200. The molecule has 0 bridgehead atoms. The van der Waals surface area contributed by atoms with Gasteiger partial charge in [0.05, 0.1) is 0 Å². The van der Waals surface area contributed by atoms with Gasteiger partial charge in [0.2, 0.25) is 0 Å². The molecule has 3 heteroatoms. The van der Waals surface area contributed by atoms with Crippen molar-refractivity contribution in [2.75, 3.05) is 0 Å². The Hall–Kier alpha value is 1.15. The van der Waals surface area contributed by atoms with Gasteiger partial charge in [0.25, 0.3) is 0 Å². The molecule has 8 heavy (non-hydrogen) atoms. The van der Waals surface area contributed by atoms with Crippen LogP contribution in [0, 0.1) is 6.08 Å². The molecule has 0 heterocycles. The van der Waals surface area contributed by atoms with Gasteiger partial charge in [-0.05, 0) is 0 Å². The Kier molecular flexibility index (Phi) is 22.1. The van der Waals surface area contributed by atoms with E-state index in [9.17, 15) is 0 Å². The van der Waals surface area contributed by atoms with E-state index in [4.69, 9.17) is 0 Å². The molecular weight excluding hydrogens is 268 g/mol. The van der Waals surface area contributed by atoms with Crippen molar-refractivity contribution in [3.05, 3.63) is 24.3 Å². The van der Waals surface area contributed by atoms with Crippen molar-refractivity contribution < 1.29 is 21.7 Å². The third-order valence-corrected chi connectivity index (χ3v) is 0.586. The van der Waals surface area contributed by atoms with Gasteiger partial charge in [-0.2, -0.15) is 6.08 Å². The molecule has 0 unspecified atom stereocenters. The molecule has 0 aliphatic heterocycles. The fourth-order valence-corrected chi connectivity index (χ4v) is 0.340. The van der Waals surface area contributed by atoms with Crippen molar-refractivity contribution in [3.8, 4) is 0 Å². The maximum Gasteiger partial charge on any atom is 0 e. The Labute approximate surface area is 85.8 Å². The minimum Gasteiger partial charge on any atom is -0.273 e. The predicted octanol–water partition coefficient (Wildman–Crippen LogP) is 2.46. The van der Waals surface area contributed by atoms with E-state index >= 15 is 0 Å². The molecule has 0 radical (unpaired) electrons. The summed E-state index contributed by atoms with van der Waals surface area (Å²) in [6, 6.07) is 0. The SMILES string of the molecule is Br.Br.[C-]1=CC=CC1.[Ti]. The minimum absolute atomic E-state index is 0. The van der Waals surface area contributed by atoms with E-state index in [1.165, 1.54) is 0 Å². The third kappa shape index (κ3) is 7.15. The Bertz CT molecular complexity index is 68.5. The summed E-state index contributed by atoms with van der Waals surface area (Å²) in [6.07, 6.45) is 10.0. The molecule has 0 saturated carbocycles. The maximum atomic E-state index is 2.99. The van der Waals surface area contributed by atoms with Crippen molar-refractivity contribution >= 4 is 34.0 Å². The van der Waals surface area contributed by atoms with Crippen LogP contribution >= 0.6 is 34.0 Å². The van der Waals surface area contributed by atoms with E-state index in [2.05, 4.69) is 12.2 Å². The molecule has 0 atom stereocenters. The van der Waals surface area contributed by atoms with Gasteiger partial charge in [-0.25, -0.2) is 12.2 Å². The molecule has 1 aliphatic rings. The molecule has 46 valence electrons. The van der Waals surface area contributed by atoms with Gasteiger partial charge in [0.15, 0.2) is 0 Å². The largest absolute Gasteiger partial charge is 0.273 e. The Balaban J connectivity index is -0.0000000833. The quantitative estimate of drug-likeness (QED) is 0.470. The van der Waals surface area contributed by atoms with E-state index in [-0.39, 0.29) is 55.7 Å². The predicted molar refractivity (Wildman–Crippen MR) is 42.2 cm³/mol. The molecule has 0 nitrogen and oxygen atoms in total. The smallest absolute Gasteiger partial charge is 0 e. The van der Waals surface area contributed by atoms with Crippen LogP contribution in [0.15, 0.2) is 18.2 Å². The van der Waals surface area contributed by atoms with Crippen molar-refractivity contribution in [2.45, 2.75) is 6.42 Å². The summed E-state index contributed by atoms with van der Waals surface area (Å²) in [4.78, 5) is 0. The second-order valence-corrected chi connectivity index (χ2v) is 1.00. The topological polar surface area (TPSA) is 0 Å². The van der Waals surface area contributed by atoms with E-state index in [0.29, 0.717) is 0 Å². The standard InChI is InChI=1S/C5H5.2BrH.Ti/c1-2-4-5-3-1;;;/h1-3H,4H2;2*1H;/q-1;;;. The molecule has 0 fully saturated rings. The minimum atomic E-state index is 0. The molecule has 0 amide bonds. The van der Waals surface area contributed by atoms with Crippen molar-refractivity contribution in [1.82, 2.24) is 0 Å². The second-order valence-electron chi connectivity index (χ2n) is 1.00. The summed E-state index contributed by atoms with van der Waals surface area (Å²) >= 11 is 0. The molecule has 1 rings (SSSR count).